The van der Waals surface area contributed by atoms with Gasteiger partial charge in [0.05, 0.1) is 0 Å². The van der Waals surface area contributed by atoms with Gasteiger partial charge in [-0.2, -0.15) is 0 Å². The molecule has 8 heteroatoms. The smallest absolute Gasteiger partial charge is 0.260 e. The maximum atomic E-state index is 13.4. The number of aromatic nitrogens is 2. The highest BCUT2D eigenvalue weighted by Gasteiger charge is 2.57. The zero-order chi connectivity index (χ0) is 28.3. The topological polar surface area (TPSA) is 80.5 Å². The molecule has 0 unspecified atom stereocenters. The van der Waals surface area contributed by atoms with Gasteiger partial charge in [-0.05, 0) is 82.0 Å². The molecule has 39 heavy (non-hydrogen) atoms. The number of nitrogens with one attached hydrogen (secondary N) is 1. The summed E-state index contributed by atoms with van der Waals surface area (Å²) in [6.45, 7) is 14.2. The van der Waals surface area contributed by atoms with E-state index in [4.69, 9.17) is 9.15 Å². The van der Waals surface area contributed by atoms with Gasteiger partial charge in [-0.25, -0.2) is 4.39 Å². The molecular weight excluding hydrogens is 495 g/mol. The molecule has 1 spiro atoms. The zero-order valence-corrected chi connectivity index (χ0v) is 25.0. The summed E-state index contributed by atoms with van der Waals surface area (Å²) in [5.41, 5.74) is 0.329. The van der Waals surface area contributed by atoms with Gasteiger partial charge in [0.15, 0.2) is 12.3 Å². The molecule has 0 bridgehead atoms. The molecule has 1 aromatic rings. The molecular formula is C31H51FN4O3. The molecule has 3 aliphatic carbocycles. The molecule has 0 radical (unpaired) electrons. The third-order valence-corrected chi connectivity index (χ3v) is 7.92. The van der Waals surface area contributed by atoms with Crippen molar-refractivity contribution >= 4 is 5.91 Å². The number of aryl methyl sites for hydroxylation is 1. The van der Waals surface area contributed by atoms with Crippen LogP contribution in [0, 0.1) is 18.3 Å². The predicted octanol–water partition coefficient (Wildman–Crippen LogP) is 6.83. The van der Waals surface area contributed by atoms with E-state index in [1.807, 2.05) is 13.8 Å². The lowest BCUT2D eigenvalue weighted by Gasteiger charge is -2.48. The molecule has 2 saturated carbocycles. The first-order chi connectivity index (χ1) is 18.9. The van der Waals surface area contributed by atoms with Crippen LogP contribution in [0.4, 0.5) is 4.39 Å². The average Bonchev–Trinajstić information content (AvgIpc) is 3.31. The summed E-state index contributed by atoms with van der Waals surface area (Å²) >= 11 is 0. The first kappa shape index (κ1) is 31.3. The van der Waals surface area contributed by atoms with Crippen LogP contribution in [0.5, 0.6) is 0 Å². The van der Waals surface area contributed by atoms with E-state index in [-0.39, 0.29) is 5.91 Å². The molecule has 1 aromatic heterocycles. The highest BCUT2D eigenvalue weighted by molar-refractivity contribution is 5.88. The Morgan fingerprint density at radius 2 is 1.69 bits per heavy atom. The Labute approximate surface area is 235 Å². The number of carbonyl (C=O) groups is 1. The molecule has 0 atom stereocenters. The average molecular weight is 547 g/mol. The quantitative estimate of drug-likeness (QED) is 0.436. The summed E-state index contributed by atoms with van der Waals surface area (Å²) in [6, 6.07) is 0. The van der Waals surface area contributed by atoms with Crippen LogP contribution in [0.1, 0.15) is 110 Å². The van der Waals surface area contributed by atoms with Crippen LogP contribution in [0.3, 0.4) is 0 Å². The summed E-state index contributed by atoms with van der Waals surface area (Å²) in [7, 11) is 0. The van der Waals surface area contributed by atoms with Gasteiger partial charge in [-0.15, -0.1) is 10.2 Å². The van der Waals surface area contributed by atoms with Crippen LogP contribution in [0.25, 0.3) is 0 Å². The Kier molecular flexibility index (Phi) is 12.0. The minimum absolute atomic E-state index is 0.227. The predicted molar refractivity (Wildman–Crippen MR) is 153 cm³/mol. The normalized spacial score (nSPS) is 22.5. The Bertz CT molecular complexity index is 949. The Morgan fingerprint density at radius 1 is 1.08 bits per heavy atom. The molecule has 7 nitrogen and oxygen atoms in total. The van der Waals surface area contributed by atoms with E-state index < -0.39 is 5.67 Å². The number of carbonyl (C=O) groups excluding carboxylic acids is 1. The molecule has 4 fully saturated rings. The summed E-state index contributed by atoms with van der Waals surface area (Å²) < 4.78 is 24.7. The highest BCUT2D eigenvalue weighted by atomic mass is 19.1. The van der Waals surface area contributed by atoms with Crippen molar-refractivity contribution in [2.24, 2.45) is 11.3 Å². The van der Waals surface area contributed by atoms with Crippen LogP contribution in [-0.4, -0.2) is 52.9 Å². The fraction of sp³-hybridized carbons (Fsp3) is 0.774. The van der Waals surface area contributed by atoms with Gasteiger partial charge >= 0.3 is 0 Å². The number of ether oxygens (including phenoxy) is 1. The molecule has 5 aliphatic rings. The van der Waals surface area contributed by atoms with Gasteiger partial charge in [0, 0.05) is 25.4 Å². The van der Waals surface area contributed by atoms with Crippen molar-refractivity contribution in [3.05, 3.63) is 35.3 Å². The minimum atomic E-state index is -1.44. The van der Waals surface area contributed by atoms with Crippen LogP contribution >= 0.6 is 0 Å². The zero-order valence-electron chi connectivity index (χ0n) is 25.0. The SMILES string of the molecule is CC.CCC.Cc1nnc(COC2=CCCC=C2C2CCNCC2)o1.O=C(N1CC2(CCCC2)C1)C1(F)CC1. The lowest BCUT2D eigenvalue weighted by atomic mass is 9.78. The number of hydrogen-bond donors (Lipinski definition) is 1. The van der Waals surface area contributed by atoms with Gasteiger partial charge in [-0.3, -0.25) is 4.79 Å². The van der Waals surface area contributed by atoms with Crippen molar-refractivity contribution in [1.29, 1.82) is 0 Å². The number of piperidine rings is 1. The number of halogens is 1. The van der Waals surface area contributed by atoms with E-state index in [1.165, 1.54) is 50.5 Å². The number of hydrogen-bond acceptors (Lipinski definition) is 6. The van der Waals surface area contributed by atoms with E-state index >= 15 is 0 Å². The standard InChI is InChI=1S/C15H21N3O2.C11H16FNO.C3H8.C2H6/c1-11-17-18-15(20-11)10-19-14-5-3-2-4-13(14)12-6-8-16-9-7-12;12-11(5-6-11)9(14)13-7-10(8-13)3-1-2-4-10;1-3-2;1-2/h4-5,12,16H,2-3,6-10H2,1H3;1-8H2;3H2,1-2H3;1-2H3. The monoisotopic (exact) mass is 546 g/mol. The van der Waals surface area contributed by atoms with Gasteiger partial charge in [0.1, 0.15) is 5.76 Å². The first-order valence-electron chi connectivity index (χ1n) is 15.4. The van der Waals surface area contributed by atoms with E-state index in [2.05, 4.69) is 41.5 Å². The molecule has 2 aliphatic heterocycles. The fourth-order valence-corrected chi connectivity index (χ4v) is 5.81. The second-order valence-electron chi connectivity index (χ2n) is 11.4. The number of likely N-dealkylation sites (tertiary alicyclic amines) is 1. The van der Waals surface area contributed by atoms with Crippen molar-refractivity contribution in [2.45, 2.75) is 118 Å². The van der Waals surface area contributed by atoms with Crippen molar-refractivity contribution in [3.63, 3.8) is 0 Å². The Balaban J connectivity index is 0.000000193. The molecule has 0 aromatic carbocycles. The molecule has 3 heterocycles. The van der Waals surface area contributed by atoms with Crippen LogP contribution in [-0.2, 0) is 16.1 Å². The lowest BCUT2D eigenvalue weighted by molar-refractivity contribution is -0.150. The third kappa shape index (κ3) is 8.63. The fourth-order valence-electron chi connectivity index (χ4n) is 5.81. The number of amides is 1. The highest BCUT2D eigenvalue weighted by Crippen LogP contribution is 2.49. The third-order valence-electron chi connectivity index (χ3n) is 7.92. The van der Waals surface area contributed by atoms with E-state index in [0.717, 1.165) is 44.8 Å². The van der Waals surface area contributed by atoms with Crippen LogP contribution < -0.4 is 5.32 Å². The second-order valence-corrected chi connectivity index (χ2v) is 11.4. The molecule has 1 N–H and O–H groups in total. The number of nitrogens with zero attached hydrogens (tertiary/aromatic N) is 3. The molecule has 6 rings (SSSR count). The van der Waals surface area contributed by atoms with Gasteiger partial charge in [0.25, 0.3) is 11.8 Å². The van der Waals surface area contributed by atoms with E-state index in [0.29, 0.717) is 42.6 Å². The summed E-state index contributed by atoms with van der Waals surface area (Å²) in [4.78, 5) is 13.3. The summed E-state index contributed by atoms with van der Waals surface area (Å²) in [5, 5.41) is 11.2. The number of allylic oxidation sites excluding steroid dienone is 3. The maximum absolute atomic E-state index is 13.4. The second kappa shape index (κ2) is 15.0. The first-order valence-corrected chi connectivity index (χ1v) is 15.4. The number of rotatable bonds is 5. The van der Waals surface area contributed by atoms with Gasteiger partial charge in [-0.1, -0.05) is 53.0 Å². The molecule has 2 saturated heterocycles. The van der Waals surface area contributed by atoms with E-state index in [1.54, 1.807) is 11.8 Å². The van der Waals surface area contributed by atoms with Crippen molar-refractivity contribution in [1.82, 2.24) is 20.4 Å². The summed E-state index contributed by atoms with van der Waals surface area (Å²) in [5.74, 6) is 2.52. The van der Waals surface area contributed by atoms with Crippen molar-refractivity contribution < 1.29 is 18.3 Å². The maximum Gasteiger partial charge on any atom is 0.260 e. The van der Waals surface area contributed by atoms with Gasteiger partial charge < -0.3 is 19.4 Å². The molecule has 1 amide bonds. The largest absolute Gasteiger partial charge is 0.484 e. The van der Waals surface area contributed by atoms with E-state index in [9.17, 15) is 9.18 Å². The van der Waals surface area contributed by atoms with Crippen molar-refractivity contribution in [2.75, 3.05) is 26.2 Å². The Hall–Kier alpha value is -2.22. The Morgan fingerprint density at radius 3 is 2.26 bits per heavy atom. The van der Waals surface area contributed by atoms with Crippen LogP contribution in [0.15, 0.2) is 27.9 Å². The molecule has 220 valence electrons. The van der Waals surface area contributed by atoms with Gasteiger partial charge in [0.2, 0.25) is 5.89 Å². The number of alkyl halides is 1. The summed E-state index contributed by atoms with van der Waals surface area (Å²) in [6.07, 6.45) is 16.3. The van der Waals surface area contributed by atoms with Crippen molar-refractivity contribution in [3.8, 4) is 0 Å². The minimum Gasteiger partial charge on any atom is -0.484 e. The lowest BCUT2D eigenvalue weighted by Crippen LogP contribution is -2.59. The van der Waals surface area contributed by atoms with Crippen LogP contribution in [0.2, 0.25) is 0 Å².